The van der Waals surface area contributed by atoms with Crippen LogP contribution in [0.4, 0.5) is 0 Å². The minimum absolute atomic E-state index is 0.0432. The molecule has 4 bridgehead atoms. The van der Waals surface area contributed by atoms with Gasteiger partial charge < -0.3 is 5.73 Å². The van der Waals surface area contributed by atoms with Crippen LogP contribution in [0.3, 0.4) is 0 Å². The van der Waals surface area contributed by atoms with E-state index in [-0.39, 0.29) is 12.3 Å². The van der Waals surface area contributed by atoms with Crippen molar-refractivity contribution < 1.29 is 4.79 Å². The number of hydrogen-bond donors (Lipinski definition) is 1. The summed E-state index contributed by atoms with van der Waals surface area (Å²) in [5.74, 6) is 4.65. The summed E-state index contributed by atoms with van der Waals surface area (Å²) < 4.78 is 0. The maximum Gasteiger partial charge on any atom is 0.176 e. The van der Waals surface area contributed by atoms with Gasteiger partial charge >= 0.3 is 0 Å². The van der Waals surface area contributed by atoms with Crippen LogP contribution in [0, 0.1) is 23.7 Å². The highest BCUT2D eigenvalue weighted by atomic mass is 16.1. The van der Waals surface area contributed by atoms with Crippen LogP contribution in [0.15, 0.2) is 24.3 Å². The van der Waals surface area contributed by atoms with Gasteiger partial charge in [-0.1, -0.05) is 24.3 Å². The Hall–Kier alpha value is -1.15. The van der Waals surface area contributed by atoms with Crippen LogP contribution in [-0.4, -0.2) is 12.3 Å². The zero-order chi connectivity index (χ0) is 13.7. The number of nitrogens with two attached hydrogens (primary N) is 1. The van der Waals surface area contributed by atoms with Crippen LogP contribution in [0.25, 0.3) is 0 Å². The van der Waals surface area contributed by atoms with Crippen molar-refractivity contribution in [3.63, 3.8) is 0 Å². The quantitative estimate of drug-likeness (QED) is 0.855. The summed E-state index contributed by atoms with van der Waals surface area (Å²) in [5, 5.41) is 0. The third kappa shape index (κ3) is 1.93. The average Bonchev–Trinajstić information content (AvgIpc) is 2.46. The van der Waals surface area contributed by atoms with Crippen LogP contribution in [0.5, 0.6) is 0 Å². The van der Waals surface area contributed by atoms with Gasteiger partial charge in [0.05, 0.1) is 6.54 Å². The number of Topliss-reactive ketones (excluding diaryl/α,β-unsaturated/α-hetero) is 1. The maximum atomic E-state index is 11.6. The van der Waals surface area contributed by atoms with Gasteiger partial charge in [-0.2, -0.15) is 0 Å². The van der Waals surface area contributed by atoms with Gasteiger partial charge in [0.25, 0.3) is 0 Å². The van der Waals surface area contributed by atoms with E-state index in [4.69, 9.17) is 5.73 Å². The molecule has 4 fully saturated rings. The van der Waals surface area contributed by atoms with Crippen molar-refractivity contribution in [3.8, 4) is 0 Å². The van der Waals surface area contributed by atoms with Crippen molar-refractivity contribution in [2.45, 2.75) is 38.0 Å². The van der Waals surface area contributed by atoms with E-state index in [9.17, 15) is 4.79 Å². The number of rotatable bonds is 3. The number of ketones is 1. The first-order valence-electron chi connectivity index (χ1n) is 8.08. The molecule has 2 nitrogen and oxygen atoms in total. The molecule has 2 heteroatoms. The summed E-state index contributed by atoms with van der Waals surface area (Å²) in [6.45, 7) is 0.109. The molecule has 0 spiro atoms. The topological polar surface area (TPSA) is 43.1 Å². The Morgan fingerprint density at radius 3 is 2.00 bits per heavy atom. The van der Waals surface area contributed by atoms with Crippen molar-refractivity contribution >= 4 is 5.78 Å². The Labute approximate surface area is 120 Å². The van der Waals surface area contributed by atoms with E-state index >= 15 is 0 Å². The Balaban J connectivity index is 1.60. The minimum Gasteiger partial charge on any atom is -0.324 e. The standard InChI is InChI=1S/C18H23NO/c19-10-17(20)13-1-3-14(4-2-13)18-15-6-11-5-12(8-15)9-16(18)7-11/h1-4,11-12,15-16,18H,5-10,19H2. The SMILES string of the molecule is NCC(=O)c1ccc(C2C3CC4CC(C3)CC2C4)cc1. The molecule has 1 aromatic rings. The zero-order valence-electron chi connectivity index (χ0n) is 11.9. The van der Waals surface area contributed by atoms with Crippen LogP contribution in [0.2, 0.25) is 0 Å². The van der Waals surface area contributed by atoms with Crippen molar-refractivity contribution in [1.29, 1.82) is 0 Å². The van der Waals surface area contributed by atoms with E-state index in [0.717, 1.165) is 35.2 Å². The van der Waals surface area contributed by atoms with Gasteiger partial charge in [-0.25, -0.2) is 0 Å². The summed E-state index contributed by atoms with van der Waals surface area (Å²) >= 11 is 0. The minimum atomic E-state index is 0.0432. The lowest BCUT2D eigenvalue weighted by Crippen LogP contribution is -2.43. The number of carbonyl (C=O) groups is 1. The van der Waals surface area contributed by atoms with Gasteiger partial charge in [0.2, 0.25) is 0 Å². The molecule has 4 saturated carbocycles. The highest BCUT2D eigenvalue weighted by molar-refractivity contribution is 5.97. The van der Waals surface area contributed by atoms with Gasteiger partial charge in [0.1, 0.15) is 0 Å². The molecule has 2 N–H and O–H groups in total. The average molecular weight is 269 g/mol. The Morgan fingerprint density at radius 2 is 1.50 bits per heavy atom. The zero-order valence-corrected chi connectivity index (χ0v) is 11.9. The summed E-state index contributed by atoms with van der Waals surface area (Å²) in [6.07, 6.45) is 7.29. The van der Waals surface area contributed by atoms with Crippen LogP contribution >= 0.6 is 0 Å². The molecule has 0 heterocycles. The Morgan fingerprint density at radius 1 is 0.950 bits per heavy atom. The molecule has 5 rings (SSSR count). The lowest BCUT2D eigenvalue weighted by molar-refractivity contribution is -0.00277. The molecule has 0 unspecified atom stereocenters. The first kappa shape index (κ1) is 12.6. The Bertz CT molecular complexity index is 491. The molecule has 20 heavy (non-hydrogen) atoms. The molecule has 4 aliphatic carbocycles. The third-order valence-corrected chi connectivity index (χ3v) is 6.03. The van der Waals surface area contributed by atoms with Crippen molar-refractivity contribution in [2.24, 2.45) is 29.4 Å². The molecular formula is C18H23NO. The largest absolute Gasteiger partial charge is 0.324 e. The van der Waals surface area contributed by atoms with E-state index in [1.807, 2.05) is 12.1 Å². The van der Waals surface area contributed by atoms with E-state index in [2.05, 4.69) is 12.1 Å². The predicted octanol–water partition coefficient (Wildman–Crippen LogP) is 3.37. The molecular weight excluding hydrogens is 246 g/mol. The fraction of sp³-hybridized carbons (Fsp3) is 0.611. The highest BCUT2D eigenvalue weighted by Gasteiger charge is 2.48. The maximum absolute atomic E-state index is 11.6. The van der Waals surface area contributed by atoms with Crippen LogP contribution in [0.1, 0.15) is 53.9 Å². The molecule has 0 saturated heterocycles. The summed E-state index contributed by atoms with van der Waals surface area (Å²) in [4.78, 5) is 11.6. The molecule has 0 amide bonds. The van der Waals surface area contributed by atoms with Crippen molar-refractivity contribution in [3.05, 3.63) is 35.4 Å². The summed E-state index contributed by atoms with van der Waals surface area (Å²) in [5.41, 5.74) is 7.66. The second-order valence-electron chi connectivity index (χ2n) is 7.21. The molecule has 0 aromatic heterocycles. The van der Waals surface area contributed by atoms with E-state index in [1.54, 1.807) is 0 Å². The predicted molar refractivity (Wildman–Crippen MR) is 79.6 cm³/mol. The molecule has 1 aromatic carbocycles. The lowest BCUT2D eigenvalue weighted by atomic mass is 9.51. The lowest BCUT2D eigenvalue weighted by Gasteiger charge is -2.54. The number of benzene rings is 1. The molecule has 0 aliphatic heterocycles. The van der Waals surface area contributed by atoms with Crippen LogP contribution in [-0.2, 0) is 0 Å². The van der Waals surface area contributed by atoms with E-state index < -0.39 is 0 Å². The molecule has 106 valence electrons. The molecule has 0 atom stereocenters. The fourth-order valence-corrected chi connectivity index (χ4v) is 5.48. The summed E-state index contributed by atoms with van der Waals surface area (Å²) in [7, 11) is 0. The summed E-state index contributed by atoms with van der Waals surface area (Å²) in [6, 6.07) is 8.34. The van der Waals surface area contributed by atoms with E-state index in [1.165, 1.54) is 37.7 Å². The van der Waals surface area contributed by atoms with Gasteiger partial charge in [-0.05, 0) is 67.3 Å². The Kier molecular flexibility index (Phi) is 2.95. The van der Waals surface area contributed by atoms with Gasteiger partial charge in [-0.3, -0.25) is 4.79 Å². The smallest absolute Gasteiger partial charge is 0.176 e. The van der Waals surface area contributed by atoms with Gasteiger partial charge in [0.15, 0.2) is 5.78 Å². The van der Waals surface area contributed by atoms with Crippen molar-refractivity contribution in [1.82, 2.24) is 0 Å². The highest BCUT2D eigenvalue weighted by Crippen LogP contribution is 2.59. The van der Waals surface area contributed by atoms with Crippen molar-refractivity contribution in [2.75, 3.05) is 6.54 Å². The normalized spacial score (nSPS) is 38.1. The number of carbonyl (C=O) groups excluding carboxylic acids is 1. The van der Waals surface area contributed by atoms with Crippen LogP contribution < -0.4 is 5.73 Å². The second kappa shape index (κ2) is 4.70. The van der Waals surface area contributed by atoms with E-state index in [0.29, 0.717) is 0 Å². The van der Waals surface area contributed by atoms with Gasteiger partial charge in [-0.15, -0.1) is 0 Å². The first-order valence-corrected chi connectivity index (χ1v) is 8.08. The molecule has 4 aliphatic rings. The number of hydrogen-bond acceptors (Lipinski definition) is 2. The second-order valence-corrected chi connectivity index (χ2v) is 7.21. The third-order valence-electron chi connectivity index (χ3n) is 6.03. The fourth-order valence-electron chi connectivity index (χ4n) is 5.48. The molecule has 0 radical (unpaired) electrons. The van der Waals surface area contributed by atoms with Gasteiger partial charge in [0, 0.05) is 5.56 Å². The first-order chi connectivity index (χ1) is 9.74. The monoisotopic (exact) mass is 269 g/mol.